The standard InChI is InChI=1S/C19H22N2O2/c1-13-16(11-14-5-3-2-4-6-14)9-10-21(13)19(22)17-12-18(23-20-17)15-7-8-15/h2-6,12-13,15-16H,7-11H2,1H3/t13-,16-/m1/s1. The molecule has 2 aliphatic rings. The first-order chi connectivity index (χ1) is 11.2. The summed E-state index contributed by atoms with van der Waals surface area (Å²) in [5.74, 6) is 1.90. The van der Waals surface area contributed by atoms with Crippen LogP contribution in [0.1, 0.15) is 53.9 Å². The molecule has 2 aromatic rings. The van der Waals surface area contributed by atoms with Crippen LogP contribution in [0, 0.1) is 5.92 Å². The van der Waals surface area contributed by atoms with E-state index in [0.29, 0.717) is 17.5 Å². The summed E-state index contributed by atoms with van der Waals surface area (Å²) < 4.78 is 5.33. The summed E-state index contributed by atoms with van der Waals surface area (Å²) in [7, 11) is 0. The Kier molecular flexibility index (Phi) is 3.68. The van der Waals surface area contributed by atoms with Gasteiger partial charge in [0.1, 0.15) is 5.76 Å². The summed E-state index contributed by atoms with van der Waals surface area (Å²) in [5.41, 5.74) is 1.82. The smallest absolute Gasteiger partial charge is 0.276 e. The van der Waals surface area contributed by atoms with Crippen molar-refractivity contribution in [2.24, 2.45) is 5.92 Å². The molecule has 2 atom stereocenters. The van der Waals surface area contributed by atoms with Gasteiger partial charge in [0.25, 0.3) is 5.91 Å². The number of hydrogen-bond donors (Lipinski definition) is 0. The molecule has 1 saturated carbocycles. The Morgan fingerprint density at radius 3 is 2.78 bits per heavy atom. The maximum atomic E-state index is 12.7. The van der Waals surface area contributed by atoms with Crippen molar-refractivity contribution in [3.05, 3.63) is 53.4 Å². The zero-order valence-corrected chi connectivity index (χ0v) is 13.4. The van der Waals surface area contributed by atoms with E-state index in [2.05, 4.69) is 36.3 Å². The van der Waals surface area contributed by atoms with Crippen molar-refractivity contribution in [1.82, 2.24) is 10.1 Å². The van der Waals surface area contributed by atoms with Crippen LogP contribution < -0.4 is 0 Å². The van der Waals surface area contributed by atoms with Crippen LogP contribution >= 0.6 is 0 Å². The average Bonchev–Trinajstić information content (AvgIpc) is 3.20. The fourth-order valence-electron chi connectivity index (χ4n) is 3.58. The fourth-order valence-corrected chi connectivity index (χ4v) is 3.58. The molecule has 2 fully saturated rings. The molecular formula is C19H22N2O2. The van der Waals surface area contributed by atoms with Gasteiger partial charge in [0.15, 0.2) is 5.69 Å². The van der Waals surface area contributed by atoms with Crippen molar-refractivity contribution in [3.8, 4) is 0 Å². The van der Waals surface area contributed by atoms with Crippen LogP contribution in [0.5, 0.6) is 0 Å². The largest absolute Gasteiger partial charge is 0.360 e. The normalized spacial score (nSPS) is 24.1. The Bertz CT molecular complexity index is 690. The monoisotopic (exact) mass is 310 g/mol. The quantitative estimate of drug-likeness (QED) is 0.866. The molecule has 4 heteroatoms. The molecule has 0 bridgehead atoms. The molecule has 1 aliphatic carbocycles. The highest BCUT2D eigenvalue weighted by Crippen LogP contribution is 2.40. The lowest BCUT2D eigenvalue weighted by molar-refractivity contribution is 0.0721. The minimum Gasteiger partial charge on any atom is -0.360 e. The Balaban J connectivity index is 1.43. The molecule has 1 saturated heterocycles. The van der Waals surface area contributed by atoms with Gasteiger partial charge in [-0.15, -0.1) is 0 Å². The summed E-state index contributed by atoms with van der Waals surface area (Å²) in [6.45, 7) is 2.96. The highest BCUT2D eigenvalue weighted by molar-refractivity contribution is 5.92. The molecule has 1 aromatic carbocycles. The number of likely N-dealkylation sites (tertiary alicyclic amines) is 1. The van der Waals surface area contributed by atoms with E-state index >= 15 is 0 Å². The molecule has 120 valence electrons. The van der Waals surface area contributed by atoms with Crippen molar-refractivity contribution in [2.75, 3.05) is 6.54 Å². The zero-order chi connectivity index (χ0) is 15.8. The summed E-state index contributed by atoms with van der Waals surface area (Å²) in [4.78, 5) is 14.7. The molecule has 4 nitrogen and oxygen atoms in total. The van der Waals surface area contributed by atoms with E-state index in [9.17, 15) is 4.79 Å². The number of carbonyl (C=O) groups excluding carboxylic acids is 1. The third-order valence-corrected chi connectivity index (χ3v) is 5.24. The molecule has 1 aliphatic heterocycles. The number of carbonyl (C=O) groups is 1. The summed E-state index contributed by atoms with van der Waals surface area (Å²) in [5, 5.41) is 4.00. The number of amides is 1. The molecule has 0 spiro atoms. The van der Waals surface area contributed by atoms with Gasteiger partial charge in [-0.2, -0.15) is 0 Å². The number of hydrogen-bond acceptors (Lipinski definition) is 3. The van der Waals surface area contributed by atoms with Gasteiger partial charge in [-0.05, 0) is 44.1 Å². The van der Waals surface area contributed by atoms with Gasteiger partial charge < -0.3 is 9.42 Å². The molecule has 1 aromatic heterocycles. The average molecular weight is 310 g/mol. The molecular weight excluding hydrogens is 288 g/mol. The molecule has 0 N–H and O–H groups in total. The Morgan fingerprint density at radius 2 is 2.04 bits per heavy atom. The summed E-state index contributed by atoms with van der Waals surface area (Å²) >= 11 is 0. The van der Waals surface area contributed by atoms with E-state index in [1.165, 1.54) is 5.56 Å². The van der Waals surface area contributed by atoms with Crippen molar-refractivity contribution in [2.45, 2.75) is 44.6 Å². The van der Waals surface area contributed by atoms with E-state index in [0.717, 1.165) is 38.0 Å². The Hall–Kier alpha value is -2.10. The van der Waals surface area contributed by atoms with Crippen LogP contribution in [0.4, 0.5) is 0 Å². The maximum absolute atomic E-state index is 12.7. The minimum absolute atomic E-state index is 0.0173. The van der Waals surface area contributed by atoms with Gasteiger partial charge >= 0.3 is 0 Å². The first-order valence-electron chi connectivity index (χ1n) is 8.54. The minimum atomic E-state index is 0.0173. The lowest BCUT2D eigenvalue weighted by Gasteiger charge is -2.24. The lowest BCUT2D eigenvalue weighted by Crippen LogP contribution is -2.36. The van der Waals surface area contributed by atoms with Gasteiger partial charge in [0.2, 0.25) is 0 Å². The molecule has 4 rings (SSSR count). The Labute approximate surface area is 136 Å². The summed E-state index contributed by atoms with van der Waals surface area (Å²) in [6, 6.07) is 12.6. The zero-order valence-electron chi connectivity index (χ0n) is 13.4. The van der Waals surface area contributed by atoms with E-state index < -0.39 is 0 Å². The molecule has 2 heterocycles. The van der Waals surface area contributed by atoms with Crippen molar-refractivity contribution in [3.63, 3.8) is 0 Å². The number of benzene rings is 1. The Morgan fingerprint density at radius 1 is 1.26 bits per heavy atom. The predicted octanol–water partition coefficient (Wildman–Crippen LogP) is 3.65. The highest BCUT2D eigenvalue weighted by Gasteiger charge is 2.36. The van der Waals surface area contributed by atoms with Gasteiger partial charge in [-0.3, -0.25) is 4.79 Å². The van der Waals surface area contributed by atoms with E-state index in [1.807, 2.05) is 17.0 Å². The van der Waals surface area contributed by atoms with Crippen molar-refractivity contribution in [1.29, 1.82) is 0 Å². The van der Waals surface area contributed by atoms with E-state index in [1.54, 1.807) is 0 Å². The number of aromatic nitrogens is 1. The van der Waals surface area contributed by atoms with Crippen LogP contribution in [0.15, 0.2) is 40.9 Å². The van der Waals surface area contributed by atoms with E-state index in [-0.39, 0.29) is 11.9 Å². The van der Waals surface area contributed by atoms with Crippen LogP contribution in [-0.4, -0.2) is 28.6 Å². The predicted molar refractivity (Wildman–Crippen MR) is 87.2 cm³/mol. The van der Waals surface area contributed by atoms with E-state index in [4.69, 9.17) is 4.52 Å². The SMILES string of the molecule is C[C@@H]1[C@@H](Cc2ccccc2)CCN1C(=O)c1cc(C2CC2)on1. The van der Waals surface area contributed by atoms with Gasteiger partial charge in [-0.1, -0.05) is 35.5 Å². The van der Waals surface area contributed by atoms with Crippen LogP contribution in [0.2, 0.25) is 0 Å². The molecule has 0 unspecified atom stereocenters. The van der Waals surface area contributed by atoms with Crippen LogP contribution in [-0.2, 0) is 6.42 Å². The second-order valence-corrected chi connectivity index (χ2v) is 6.87. The third kappa shape index (κ3) is 2.90. The topological polar surface area (TPSA) is 46.3 Å². The van der Waals surface area contributed by atoms with Gasteiger partial charge in [0.05, 0.1) is 0 Å². The van der Waals surface area contributed by atoms with Crippen molar-refractivity contribution < 1.29 is 9.32 Å². The lowest BCUT2D eigenvalue weighted by atomic mass is 9.93. The first-order valence-corrected chi connectivity index (χ1v) is 8.54. The van der Waals surface area contributed by atoms with Gasteiger partial charge in [-0.25, -0.2) is 0 Å². The van der Waals surface area contributed by atoms with Gasteiger partial charge in [0, 0.05) is 24.6 Å². The highest BCUT2D eigenvalue weighted by atomic mass is 16.5. The molecule has 0 radical (unpaired) electrons. The van der Waals surface area contributed by atoms with Crippen molar-refractivity contribution >= 4 is 5.91 Å². The summed E-state index contributed by atoms with van der Waals surface area (Å²) in [6.07, 6.45) is 4.39. The molecule has 23 heavy (non-hydrogen) atoms. The van der Waals surface area contributed by atoms with Crippen LogP contribution in [0.3, 0.4) is 0 Å². The molecule has 1 amide bonds. The number of rotatable bonds is 4. The second-order valence-electron chi connectivity index (χ2n) is 6.87. The third-order valence-electron chi connectivity index (χ3n) is 5.24. The fraction of sp³-hybridized carbons (Fsp3) is 0.474. The number of nitrogens with zero attached hydrogens (tertiary/aromatic N) is 2. The van der Waals surface area contributed by atoms with Crippen LogP contribution in [0.25, 0.3) is 0 Å². The second kappa shape index (κ2) is 5.84. The first kappa shape index (κ1) is 14.5. The maximum Gasteiger partial charge on any atom is 0.276 e.